The van der Waals surface area contributed by atoms with E-state index in [0.717, 1.165) is 54.9 Å². The van der Waals surface area contributed by atoms with E-state index in [4.69, 9.17) is 33.3 Å². The van der Waals surface area contributed by atoms with Gasteiger partial charge in [0.1, 0.15) is 15.8 Å². The van der Waals surface area contributed by atoms with E-state index >= 15 is 0 Å². The predicted molar refractivity (Wildman–Crippen MR) is 138 cm³/mol. The van der Waals surface area contributed by atoms with Gasteiger partial charge in [-0.15, -0.1) is 0 Å². The van der Waals surface area contributed by atoms with E-state index in [1.807, 2.05) is 41.3 Å². The second kappa shape index (κ2) is 9.95. The molecule has 3 unspecified atom stereocenters. The third kappa shape index (κ3) is 4.81. The van der Waals surface area contributed by atoms with Crippen LogP contribution < -0.4 is 0 Å². The molecule has 33 heavy (non-hydrogen) atoms. The quantitative estimate of drug-likeness (QED) is 0.248. The van der Waals surface area contributed by atoms with Crippen molar-refractivity contribution in [3.63, 3.8) is 0 Å². The molecule has 2 aromatic rings. The first-order chi connectivity index (χ1) is 16.0. The van der Waals surface area contributed by atoms with Crippen molar-refractivity contribution in [3.8, 4) is 11.3 Å². The van der Waals surface area contributed by atoms with Crippen LogP contribution in [-0.4, -0.2) is 32.9 Å². The summed E-state index contributed by atoms with van der Waals surface area (Å²) in [5, 5.41) is 9.75. The maximum absolute atomic E-state index is 13.4. The van der Waals surface area contributed by atoms with Crippen LogP contribution in [0.2, 0.25) is 5.02 Å². The number of thiocarbonyl (C=S) groups is 1. The minimum absolute atomic E-state index is 0.0227. The van der Waals surface area contributed by atoms with Crippen molar-refractivity contribution in [2.75, 3.05) is 6.61 Å². The highest BCUT2D eigenvalue weighted by Crippen LogP contribution is 2.49. The zero-order valence-electron chi connectivity index (χ0n) is 18.5. The van der Waals surface area contributed by atoms with Crippen LogP contribution in [0.15, 0.2) is 39.7 Å². The Bertz CT molecular complexity index is 1090. The number of unbranched alkanes of at least 4 members (excludes halogenated alkanes) is 2. The molecule has 1 aromatic heterocycles. The Morgan fingerprint density at radius 2 is 2.09 bits per heavy atom. The number of halogens is 1. The molecule has 5 rings (SSSR count). The Hall–Kier alpha value is -1.60. The fourth-order valence-corrected chi connectivity index (χ4v) is 7.09. The maximum Gasteiger partial charge on any atom is 0.266 e. The number of aliphatic hydroxyl groups excluding tert-OH is 1. The van der Waals surface area contributed by atoms with E-state index < -0.39 is 0 Å². The highest BCUT2D eigenvalue weighted by atomic mass is 35.5. The van der Waals surface area contributed by atoms with Gasteiger partial charge in [-0.1, -0.05) is 60.6 Å². The summed E-state index contributed by atoms with van der Waals surface area (Å²) < 4.78 is 6.93. The fourth-order valence-electron chi connectivity index (χ4n) is 5.56. The number of thioether (sulfide) groups is 1. The molecule has 2 bridgehead atoms. The Morgan fingerprint density at radius 3 is 2.82 bits per heavy atom. The van der Waals surface area contributed by atoms with Crippen LogP contribution in [0.25, 0.3) is 17.4 Å². The van der Waals surface area contributed by atoms with Gasteiger partial charge in [0.2, 0.25) is 0 Å². The van der Waals surface area contributed by atoms with E-state index in [2.05, 4.69) is 0 Å². The number of rotatable bonds is 8. The normalized spacial score (nSPS) is 25.7. The van der Waals surface area contributed by atoms with Gasteiger partial charge in [-0.25, -0.2) is 0 Å². The summed E-state index contributed by atoms with van der Waals surface area (Å²) in [6.07, 6.45) is 10.2. The number of aryl methyl sites for hydroxylation is 1. The Balaban J connectivity index is 1.42. The Kier molecular flexibility index (Phi) is 6.98. The van der Waals surface area contributed by atoms with Crippen molar-refractivity contribution >= 4 is 51.9 Å². The Labute approximate surface area is 209 Å². The van der Waals surface area contributed by atoms with Gasteiger partial charge in [0.05, 0.1) is 4.91 Å². The van der Waals surface area contributed by atoms with Crippen LogP contribution in [0, 0.1) is 11.8 Å². The summed E-state index contributed by atoms with van der Waals surface area (Å²) in [5.74, 6) is 2.82. The molecule has 7 heteroatoms. The lowest BCUT2D eigenvalue weighted by Crippen LogP contribution is -2.41. The summed E-state index contributed by atoms with van der Waals surface area (Å²) >= 11 is 13.2. The molecule has 4 nitrogen and oxygen atoms in total. The van der Waals surface area contributed by atoms with Crippen LogP contribution in [-0.2, 0) is 11.2 Å². The largest absolute Gasteiger partial charge is 0.456 e. The number of nitrogens with zero attached hydrogens (tertiary/aromatic N) is 1. The average molecular weight is 502 g/mol. The second-order valence-corrected chi connectivity index (χ2v) is 11.5. The average Bonchev–Trinajstić information content (AvgIpc) is 3.56. The molecule has 3 fully saturated rings. The topological polar surface area (TPSA) is 53.7 Å². The minimum Gasteiger partial charge on any atom is -0.456 e. The lowest BCUT2D eigenvalue weighted by molar-refractivity contribution is -0.124. The molecule has 3 atom stereocenters. The van der Waals surface area contributed by atoms with E-state index in [1.165, 1.54) is 31.0 Å². The molecule has 174 valence electrons. The summed E-state index contributed by atoms with van der Waals surface area (Å²) in [6.45, 7) is 0.206. The van der Waals surface area contributed by atoms with Crippen molar-refractivity contribution in [1.29, 1.82) is 0 Å². The first kappa shape index (κ1) is 23.2. The van der Waals surface area contributed by atoms with Crippen molar-refractivity contribution in [1.82, 2.24) is 4.90 Å². The van der Waals surface area contributed by atoms with Crippen LogP contribution in [0.5, 0.6) is 0 Å². The standard InChI is InChI=1S/C26H28ClNO3S2/c27-20-7-4-6-18(13-20)22-14-19(5-2-1-3-10-29)23(31-22)15-24-25(30)28(26(32)33-24)21-12-16-8-9-17(21)11-16/h4,6-7,13-17,21,29H,1-3,5,8-12H2/b24-15-. The van der Waals surface area contributed by atoms with Crippen LogP contribution in [0.3, 0.4) is 0 Å². The smallest absolute Gasteiger partial charge is 0.266 e. The highest BCUT2D eigenvalue weighted by molar-refractivity contribution is 8.26. The van der Waals surface area contributed by atoms with Crippen molar-refractivity contribution in [2.45, 2.75) is 57.4 Å². The maximum atomic E-state index is 13.4. The van der Waals surface area contributed by atoms with Gasteiger partial charge in [0.25, 0.3) is 5.91 Å². The summed E-state index contributed by atoms with van der Waals surface area (Å²) in [4.78, 5) is 15.9. The summed E-state index contributed by atoms with van der Waals surface area (Å²) in [5.41, 5.74) is 1.97. The molecule has 1 N–H and O–H groups in total. The molecular weight excluding hydrogens is 474 g/mol. The SMILES string of the molecule is O=C1/C(=C/c2oc(-c3cccc(Cl)c3)cc2CCCCCO)SC(=S)N1C1CC2CCC1C2. The Morgan fingerprint density at radius 1 is 1.21 bits per heavy atom. The number of carbonyl (C=O) groups is 1. The molecule has 2 saturated carbocycles. The van der Waals surface area contributed by atoms with Gasteiger partial charge >= 0.3 is 0 Å². The van der Waals surface area contributed by atoms with Crippen LogP contribution in [0.1, 0.15) is 56.3 Å². The van der Waals surface area contributed by atoms with E-state index in [1.54, 1.807) is 0 Å². The van der Waals surface area contributed by atoms with Crippen molar-refractivity contribution in [2.24, 2.45) is 11.8 Å². The number of carbonyl (C=O) groups excluding carboxylic acids is 1. The zero-order chi connectivity index (χ0) is 22.9. The molecule has 3 aliphatic rings. The van der Waals surface area contributed by atoms with Crippen LogP contribution in [0.4, 0.5) is 0 Å². The van der Waals surface area contributed by atoms with Gasteiger partial charge in [-0.3, -0.25) is 9.69 Å². The van der Waals surface area contributed by atoms with Crippen molar-refractivity contribution < 1.29 is 14.3 Å². The zero-order valence-corrected chi connectivity index (χ0v) is 20.9. The van der Waals surface area contributed by atoms with Gasteiger partial charge in [-0.2, -0.15) is 0 Å². The highest BCUT2D eigenvalue weighted by Gasteiger charge is 2.48. The van der Waals surface area contributed by atoms with E-state index in [0.29, 0.717) is 25.9 Å². The van der Waals surface area contributed by atoms with E-state index in [-0.39, 0.29) is 18.6 Å². The minimum atomic E-state index is 0.0227. The molecular formula is C26H28ClNO3S2. The lowest BCUT2D eigenvalue weighted by atomic mass is 9.94. The molecule has 1 saturated heterocycles. The number of hydrogen-bond donors (Lipinski definition) is 1. The summed E-state index contributed by atoms with van der Waals surface area (Å²) in [7, 11) is 0. The molecule has 0 spiro atoms. The fraction of sp³-hybridized carbons (Fsp3) is 0.462. The number of furan rings is 1. The number of amides is 1. The van der Waals surface area contributed by atoms with Gasteiger partial charge < -0.3 is 9.52 Å². The van der Waals surface area contributed by atoms with E-state index in [9.17, 15) is 4.79 Å². The third-order valence-corrected chi connectivity index (χ3v) is 8.74. The number of hydrogen-bond acceptors (Lipinski definition) is 5. The first-order valence-electron chi connectivity index (χ1n) is 11.8. The number of fused-ring (bicyclic) bond motifs is 2. The molecule has 1 aliphatic heterocycles. The monoisotopic (exact) mass is 501 g/mol. The van der Waals surface area contributed by atoms with Crippen molar-refractivity contribution in [3.05, 3.63) is 51.6 Å². The molecule has 2 heterocycles. The molecule has 0 radical (unpaired) electrons. The first-order valence-corrected chi connectivity index (χ1v) is 13.4. The number of benzene rings is 1. The summed E-state index contributed by atoms with van der Waals surface area (Å²) in [6, 6.07) is 9.91. The number of aliphatic hydroxyl groups is 1. The van der Waals surface area contributed by atoms with Gasteiger partial charge in [-0.05, 0) is 74.1 Å². The molecule has 2 aliphatic carbocycles. The molecule has 1 aromatic carbocycles. The second-order valence-electron chi connectivity index (χ2n) is 9.34. The van der Waals surface area contributed by atoms with Gasteiger partial charge in [0.15, 0.2) is 0 Å². The predicted octanol–water partition coefficient (Wildman–Crippen LogP) is 6.69. The van der Waals surface area contributed by atoms with Crippen LogP contribution >= 0.6 is 35.6 Å². The lowest BCUT2D eigenvalue weighted by Gasteiger charge is -2.30. The van der Waals surface area contributed by atoms with Gasteiger partial charge in [0, 0.05) is 29.3 Å². The third-order valence-electron chi connectivity index (χ3n) is 7.17. The molecule has 1 amide bonds.